The lowest BCUT2D eigenvalue weighted by molar-refractivity contribution is -0.384. The average Bonchev–Trinajstić information content (AvgIpc) is 2.03. The molecule has 8 heteroatoms. The van der Waals surface area contributed by atoms with E-state index < -0.39 is 10.9 Å². The maximum atomic E-state index is 10.4. The average molecular weight is 182 g/mol. The largest absolute Gasteiger partial charge is 0.370 e. The number of rotatable bonds is 2. The highest BCUT2D eigenvalue weighted by Crippen LogP contribution is 2.17. The highest BCUT2D eigenvalue weighted by molar-refractivity contribution is 5.90. The molecule has 0 aliphatic heterocycles. The molecular formula is C5H6N6O2. The van der Waals surface area contributed by atoms with Crippen molar-refractivity contribution < 1.29 is 4.92 Å². The van der Waals surface area contributed by atoms with Crippen molar-refractivity contribution in [1.82, 2.24) is 9.97 Å². The number of nitrogens with zero attached hydrogens (tertiary/aromatic N) is 3. The summed E-state index contributed by atoms with van der Waals surface area (Å²) in [6, 6.07) is 0. The molecular weight excluding hydrogens is 176 g/mol. The van der Waals surface area contributed by atoms with Crippen molar-refractivity contribution >= 4 is 17.5 Å². The van der Waals surface area contributed by atoms with E-state index in [1.54, 1.807) is 0 Å². The van der Waals surface area contributed by atoms with Crippen LogP contribution in [0.4, 0.5) is 11.5 Å². The van der Waals surface area contributed by atoms with Gasteiger partial charge in [0.15, 0.2) is 5.96 Å². The minimum absolute atomic E-state index is 0.0903. The van der Waals surface area contributed by atoms with E-state index in [-0.39, 0.29) is 11.5 Å². The first kappa shape index (κ1) is 8.84. The van der Waals surface area contributed by atoms with Gasteiger partial charge in [-0.1, -0.05) is 0 Å². The smallest absolute Gasteiger partial charge is 0.329 e. The molecule has 0 radical (unpaired) electrons. The Balaban J connectivity index is 3.04. The molecule has 0 aliphatic rings. The van der Waals surface area contributed by atoms with Crippen LogP contribution in [-0.2, 0) is 0 Å². The number of guanidine groups is 1. The van der Waals surface area contributed by atoms with Gasteiger partial charge in [-0.25, -0.2) is 9.97 Å². The first-order valence-electron chi connectivity index (χ1n) is 3.16. The van der Waals surface area contributed by atoms with Crippen LogP contribution < -0.4 is 11.1 Å². The molecule has 1 rings (SSSR count). The van der Waals surface area contributed by atoms with E-state index in [4.69, 9.17) is 11.1 Å². The molecule has 0 atom stereocenters. The number of nitro groups is 1. The number of anilines is 1. The highest BCUT2D eigenvalue weighted by atomic mass is 16.6. The van der Waals surface area contributed by atoms with Gasteiger partial charge < -0.3 is 11.1 Å². The maximum absolute atomic E-state index is 10.4. The van der Waals surface area contributed by atoms with Crippen LogP contribution in [0, 0.1) is 15.5 Å². The Hall–Kier alpha value is -2.25. The molecule has 68 valence electrons. The van der Waals surface area contributed by atoms with Gasteiger partial charge in [0.25, 0.3) is 0 Å². The summed E-state index contributed by atoms with van der Waals surface area (Å²) in [5.74, 6) is -0.505. The lowest BCUT2D eigenvalue weighted by atomic mass is 10.5. The summed E-state index contributed by atoms with van der Waals surface area (Å²) in [5.41, 5.74) is 4.66. The molecule has 1 aromatic rings. The Morgan fingerprint density at radius 1 is 1.77 bits per heavy atom. The van der Waals surface area contributed by atoms with Gasteiger partial charge in [0.05, 0.1) is 4.92 Å². The summed E-state index contributed by atoms with van der Waals surface area (Å²) >= 11 is 0. The van der Waals surface area contributed by atoms with Gasteiger partial charge in [-0.3, -0.25) is 15.5 Å². The van der Waals surface area contributed by atoms with Crippen LogP contribution in [0.2, 0.25) is 0 Å². The van der Waals surface area contributed by atoms with Crippen molar-refractivity contribution in [2.75, 3.05) is 5.32 Å². The van der Waals surface area contributed by atoms with Crippen LogP contribution in [0.1, 0.15) is 0 Å². The maximum Gasteiger partial charge on any atom is 0.329 e. The van der Waals surface area contributed by atoms with Crippen molar-refractivity contribution in [3.05, 3.63) is 22.6 Å². The highest BCUT2D eigenvalue weighted by Gasteiger charge is 2.14. The molecule has 4 N–H and O–H groups in total. The predicted molar refractivity (Wildman–Crippen MR) is 44.2 cm³/mol. The molecule has 0 fully saturated rings. The fourth-order valence-electron chi connectivity index (χ4n) is 0.680. The summed E-state index contributed by atoms with van der Waals surface area (Å²) in [4.78, 5) is 16.7. The van der Waals surface area contributed by atoms with Crippen molar-refractivity contribution in [3.63, 3.8) is 0 Å². The minimum atomic E-state index is -0.661. The fourth-order valence-corrected chi connectivity index (χ4v) is 0.680. The molecule has 0 saturated carbocycles. The Morgan fingerprint density at radius 3 is 3.00 bits per heavy atom. The van der Waals surface area contributed by atoms with Gasteiger partial charge in [0, 0.05) is 0 Å². The minimum Gasteiger partial charge on any atom is -0.370 e. The first-order valence-corrected chi connectivity index (χ1v) is 3.16. The third-order valence-electron chi connectivity index (χ3n) is 1.14. The monoisotopic (exact) mass is 182 g/mol. The van der Waals surface area contributed by atoms with Crippen LogP contribution in [0.25, 0.3) is 0 Å². The number of hydrogen-bond acceptors (Lipinski definition) is 5. The lowest BCUT2D eigenvalue weighted by Crippen LogP contribution is -2.21. The van der Waals surface area contributed by atoms with Gasteiger partial charge in [0.2, 0.25) is 5.82 Å². The number of hydrogen-bond donors (Lipinski definition) is 3. The molecule has 1 aromatic heterocycles. The van der Waals surface area contributed by atoms with Gasteiger partial charge >= 0.3 is 5.69 Å². The summed E-state index contributed by atoms with van der Waals surface area (Å²) < 4.78 is 0. The molecule has 0 amide bonds. The zero-order chi connectivity index (χ0) is 9.84. The second-order valence-electron chi connectivity index (χ2n) is 2.05. The zero-order valence-corrected chi connectivity index (χ0v) is 6.39. The number of nitrogens with one attached hydrogen (secondary N) is 2. The van der Waals surface area contributed by atoms with E-state index in [2.05, 4.69) is 15.3 Å². The summed E-state index contributed by atoms with van der Waals surface area (Å²) in [7, 11) is 0. The Morgan fingerprint density at radius 2 is 2.46 bits per heavy atom. The standard InChI is InChI=1S/C5H6N6O2/c6-5(7)10-4-3(11(12)13)1-8-2-9-4/h1-2H,(H4,6,7,8,9,10). The van der Waals surface area contributed by atoms with Crippen molar-refractivity contribution in [2.24, 2.45) is 5.73 Å². The van der Waals surface area contributed by atoms with Crippen molar-refractivity contribution in [2.45, 2.75) is 0 Å². The Labute approximate surface area is 72.5 Å². The second-order valence-corrected chi connectivity index (χ2v) is 2.05. The molecule has 0 bridgehead atoms. The number of nitrogens with two attached hydrogens (primary N) is 1. The molecule has 1 heterocycles. The van der Waals surface area contributed by atoms with Gasteiger partial charge in [-0.2, -0.15) is 0 Å². The number of aromatic nitrogens is 2. The van der Waals surface area contributed by atoms with Gasteiger partial charge in [-0.05, 0) is 0 Å². The molecule has 8 nitrogen and oxygen atoms in total. The SMILES string of the molecule is N=C(N)Nc1ncncc1[N+](=O)[O-]. The summed E-state index contributed by atoms with van der Waals surface area (Å²) in [6.07, 6.45) is 2.15. The Bertz CT molecular complexity index is 351. The predicted octanol–water partition coefficient (Wildman–Crippen LogP) is -0.310. The van der Waals surface area contributed by atoms with Gasteiger partial charge in [0.1, 0.15) is 12.5 Å². The summed E-state index contributed by atoms with van der Waals surface area (Å²) in [6.45, 7) is 0. The second kappa shape index (κ2) is 3.43. The van der Waals surface area contributed by atoms with Crippen molar-refractivity contribution in [1.29, 1.82) is 5.41 Å². The Kier molecular flexibility index (Phi) is 2.33. The molecule has 0 spiro atoms. The molecule has 0 aromatic carbocycles. The van der Waals surface area contributed by atoms with Gasteiger partial charge in [-0.15, -0.1) is 0 Å². The topological polar surface area (TPSA) is 131 Å². The van der Waals surface area contributed by atoms with Crippen LogP contribution in [0.3, 0.4) is 0 Å². The third kappa shape index (κ3) is 2.09. The van der Waals surface area contributed by atoms with Crippen LogP contribution in [-0.4, -0.2) is 20.9 Å². The third-order valence-corrected chi connectivity index (χ3v) is 1.14. The molecule has 0 unspecified atom stereocenters. The van der Waals surface area contributed by atoms with E-state index in [9.17, 15) is 10.1 Å². The van der Waals surface area contributed by atoms with E-state index in [0.717, 1.165) is 12.5 Å². The van der Waals surface area contributed by atoms with Crippen LogP contribution in [0.15, 0.2) is 12.5 Å². The van der Waals surface area contributed by atoms with E-state index >= 15 is 0 Å². The van der Waals surface area contributed by atoms with E-state index in [0.29, 0.717) is 0 Å². The molecule has 0 saturated heterocycles. The normalized spacial score (nSPS) is 9.23. The van der Waals surface area contributed by atoms with Crippen LogP contribution >= 0.6 is 0 Å². The van der Waals surface area contributed by atoms with Crippen LogP contribution in [0.5, 0.6) is 0 Å². The quantitative estimate of drug-likeness (QED) is 0.249. The lowest BCUT2D eigenvalue weighted by Gasteiger charge is -2.01. The summed E-state index contributed by atoms with van der Waals surface area (Å²) in [5, 5.41) is 19.5. The molecule has 0 aliphatic carbocycles. The zero-order valence-electron chi connectivity index (χ0n) is 6.39. The fraction of sp³-hybridized carbons (Fsp3) is 0. The van der Waals surface area contributed by atoms with E-state index in [1.165, 1.54) is 0 Å². The van der Waals surface area contributed by atoms with Crippen molar-refractivity contribution in [3.8, 4) is 0 Å². The first-order chi connectivity index (χ1) is 6.11. The van der Waals surface area contributed by atoms with E-state index in [1.807, 2.05) is 0 Å². The molecule has 13 heavy (non-hydrogen) atoms.